The number of hydrogen-bond donors (Lipinski definition) is 0. The molecular formula is C28H38FNO6. The number of rotatable bonds is 15. The molecule has 2 aromatic rings. The molecule has 0 aliphatic carbocycles. The number of ether oxygens (including phenoxy) is 5. The molecule has 36 heavy (non-hydrogen) atoms. The second-order valence-corrected chi connectivity index (χ2v) is 8.91. The molecule has 0 saturated carbocycles. The summed E-state index contributed by atoms with van der Waals surface area (Å²) in [6.45, 7) is 7.81. The number of amides is 1. The topological polar surface area (TPSA) is 66.5 Å². The lowest BCUT2D eigenvalue weighted by Gasteiger charge is -2.24. The molecule has 0 aromatic heterocycles. The van der Waals surface area contributed by atoms with E-state index in [9.17, 15) is 9.18 Å². The van der Waals surface area contributed by atoms with Crippen molar-refractivity contribution in [1.82, 2.24) is 0 Å². The van der Waals surface area contributed by atoms with Crippen LogP contribution in [-0.2, 0) is 18.9 Å². The molecule has 198 valence electrons. The summed E-state index contributed by atoms with van der Waals surface area (Å²) in [6.07, 6.45) is 3.64. The molecule has 2 rings (SSSR count). The molecule has 7 nitrogen and oxygen atoms in total. The number of carbonyl (C=O) groups excluding carboxylic acids is 1. The second-order valence-electron chi connectivity index (χ2n) is 8.91. The zero-order chi connectivity index (χ0) is 26.2. The Hall–Kier alpha value is -2.94. The summed E-state index contributed by atoms with van der Waals surface area (Å²) >= 11 is 0. The molecule has 8 heteroatoms. The molecule has 0 aliphatic heterocycles. The highest BCUT2D eigenvalue weighted by molar-refractivity contribution is 5.87. The standard InChI is InChI=1S/C28H38FNO6/c1-28(2,3)36-27(31)30(4)25-11-7-23(8-12-25)5-6-24-9-13-26(14-10-24)35-22-21-34-20-19-33-18-17-32-16-15-29/h5-14H,15-22H2,1-4H3. The first kappa shape index (κ1) is 29.3. The number of hydrogen-bond acceptors (Lipinski definition) is 6. The fourth-order valence-electron chi connectivity index (χ4n) is 2.93. The summed E-state index contributed by atoms with van der Waals surface area (Å²) in [5.74, 6) is 0.770. The highest BCUT2D eigenvalue weighted by Gasteiger charge is 2.20. The molecule has 1 amide bonds. The lowest BCUT2D eigenvalue weighted by molar-refractivity contribution is 0.00750. The zero-order valence-electron chi connectivity index (χ0n) is 21.7. The molecule has 0 bridgehead atoms. The van der Waals surface area contributed by atoms with Crippen LogP contribution in [-0.4, -0.2) is 71.7 Å². The Morgan fingerprint density at radius 2 is 1.25 bits per heavy atom. The first-order valence-corrected chi connectivity index (χ1v) is 12.1. The quantitative estimate of drug-likeness (QED) is 0.232. The van der Waals surface area contributed by atoms with Gasteiger partial charge in [-0.15, -0.1) is 0 Å². The average molecular weight is 504 g/mol. The number of nitrogens with zero attached hydrogens (tertiary/aromatic N) is 1. The van der Waals surface area contributed by atoms with Gasteiger partial charge in [0.15, 0.2) is 0 Å². The first-order chi connectivity index (χ1) is 17.3. The Morgan fingerprint density at radius 1 is 0.778 bits per heavy atom. The summed E-state index contributed by atoms with van der Waals surface area (Å²) in [7, 11) is 1.69. The van der Waals surface area contributed by atoms with Gasteiger partial charge in [-0.25, -0.2) is 9.18 Å². The lowest BCUT2D eigenvalue weighted by atomic mass is 10.1. The maximum atomic E-state index is 12.2. The molecule has 0 unspecified atom stereocenters. The van der Waals surface area contributed by atoms with Crippen LogP contribution in [0.15, 0.2) is 48.5 Å². The van der Waals surface area contributed by atoms with Crippen molar-refractivity contribution in [3.8, 4) is 5.75 Å². The van der Waals surface area contributed by atoms with Crippen molar-refractivity contribution >= 4 is 23.9 Å². The van der Waals surface area contributed by atoms with Crippen molar-refractivity contribution in [2.24, 2.45) is 0 Å². The van der Waals surface area contributed by atoms with Gasteiger partial charge in [0.2, 0.25) is 0 Å². The molecule has 0 atom stereocenters. The average Bonchev–Trinajstić information content (AvgIpc) is 2.85. The maximum Gasteiger partial charge on any atom is 0.414 e. The molecular weight excluding hydrogens is 465 g/mol. The van der Waals surface area contributed by atoms with Crippen molar-refractivity contribution in [3.63, 3.8) is 0 Å². The Labute approximate surface area is 213 Å². The lowest BCUT2D eigenvalue weighted by Crippen LogP contribution is -2.34. The maximum absolute atomic E-state index is 12.2. The van der Waals surface area contributed by atoms with E-state index in [1.54, 1.807) is 7.05 Å². The van der Waals surface area contributed by atoms with Crippen LogP contribution in [0.3, 0.4) is 0 Å². The van der Waals surface area contributed by atoms with Gasteiger partial charge < -0.3 is 23.7 Å². The Balaban J connectivity index is 1.67. The van der Waals surface area contributed by atoms with Gasteiger partial charge in [0.1, 0.15) is 24.6 Å². The van der Waals surface area contributed by atoms with Crippen molar-refractivity contribution in [1.29, 1.82) is 0 Å². The summed E-state index contributed by atoms with van der Waals surface area (Å²) in [6, 6.07) is 15.5. The summed E-state index contributed by atoms with van der Waals surface area (Å²) in [4.78, 5) is 13.7. The fraction of sp³-hybridized carbons (Fsp3) is 0.464. The van der Waals surface area contributed by atoms with Crippen molar-refractivity contribution in [2.45, 2.75) is 26.4 Å². The molecule has 0 radical (unpaired) electrons. The van der Waals surface area contributed by atoms with Gasteiger partial charge in [-0.05, 0) is 56.2 Å². The van der Waals surface area contributed by atoms with E-state index >= 15 is 0 Å². The van der Waals surface area contributed by atoms with Crippen LogP contribution in [0.1, 0.15) is 31.9 Å². The molecule has 0 heterocycles. The van der Waals surface area contributed by atoms with Crippen LogP contribution in [0.25, 0.3) is 12.2 Å². The second kappa shape index (κ2) is 15.9. The molecule has 0 saturated heterocycles. The van der Waals surface area contributed by atoms with E-state index in [1.165, 1.54) is 4.90 Å². The number of alkyl halides is 1. The third kappa shape index (κ3) is 12.2. The summed E-state index contributed by atoms with van der Waals surface area (Å²) in [5, 5.41) is 0. The Kier molecular flexibility index (Phi) is 13.0. The van der Waals surface area contributed by atoms with E-state index in [1.807, 2.05) is 81.5 Å². The van der Waals surface area contributed by atoms with E-state index < -0.39 is 12.3 Å². The molecule has 0 aliphatic rings. The monoisotopic (exact) mass is 503 g/mol. The summed E-state index contributed by atoms with van der Waals surface area (Å²) < 4.78 is 38.7. The molecule has 0 fully saturated rings. The minimum Gasteiger partial charge on any atom is -0.491 e. The van der Waals surface area contributed by atoms with E-state index in [2.05, 4.69) is 0 Å². The highest BCUT2D eigenvalue weighted by atomic mass is 19.1. The molecule has 2 aromatic carbocycles. The predicted molar refractivity (Wildman–Crippen MR) is 140 cm³/mol. The zero-order valence-corrected chi connectivity index (χ0v) is 21.7. The van der Waals surface area contributed by atoms with Crippen LogP contribution in [0.5, 0.6) is 5.75 Å². The van der Waals surface area contributed by atoms with Crippen molar-refractivity contribution < 1.29 is 32.9 Å². The van der Waals surface area contributed by atoms with Gasteiger partial charge in [0.25, 0.3) is 0 Å². The summed E-state index contributed by atoms with van der Waals surface area (Å²) in [5.41, 5.74) is 2.29. The Bertz CT molecular complexity index is 909. The van der Waals surface area contributed by atoms with Gasteiger partial charge >= 0.3 is 6.09 Å². The van der Waals surface area contributed by atoms with E-state index in [4.69, 9.17) is 23.7 Å². The number of anilines is 1. The molecule has 0 N–H and O–H groups in total. The highest BCUT2D eigenvalue weighted by Crippen LogP contribution is 2.19. The number of carbonyl (C=O) groups is 1. The van der Waals surface area contributed by atoms with Crippen LogP contribution in [0.4, 0.5) is 14.9 Å². The van der Waals surface area contributed by atoms with Gasteiger partial charge in [-0.1, -0.05) is 36.4 Å². The van der Waals surface area contributed by atoms with Gasteiger partial charge in [-0.3, -0.25) is 4.90 Å². The van der Waals surface area contributed by atoms with E-state index in [-0.39, 0.29) is 12.7 Å². The third-order valence-corrected chi connectivity index (χ3v) is 4.76. The van der Waals surface area contributed by atoms with Crippen LogP contribution < -0.4 is 9.64 Å². The predicted octanol–water partition coefficient (Wildman–Crippen LogP) is 5.63. The van der Waals surface area contributed by atoms with Crippen molar-refractivity contribution in [3.05, 3.63) is 59.7 Å². The fourth-order valence-corrected chi connectivity index (χ4v) is 2.93. The van der Waals surface area contributed by atoms with Gasteiger partial charge in [0.05, 0.1) is 39.6 Å². The first-order valence-electron chi connectivity index (χ1n) is 12.1. The van der Waals surface area contributed by atoms with Crippen molar-refractivity contribution in [2.75, 3.05) is 64.9 Å². The largest absolute Gasteiger partial charge is 0.491 e. The Morgan fingerprint density at radius 3 is 1.75 bits per heavy atom. The third-order valence-electron chi connectivity index (χ3n) is 4.76. The smallest absolute Gasteiger partial charge is 0.414 e. The van der Waals surface area contributed by atoms with Gasteiger partial charge in [0, 0.05) is 12.7 Å². The van der Waals surface area contributed by atoms with Crippen LogP contribution in [0.2, 0.25) is 0 Å². The minimum atomic E-state index is -0.535. The minimum absolute atomic E-state index is 0.110. The normalized spacial score (nSPS) is 11.6. The number of benzene rings is 2. The van der Waals surface area contributed by atoms with Crippen LogP contribution in [0, 0.1) is 0 Å². The SMILES string of the molecule is CN(C(=O)OC(C)(C)C)c1ccc(C=Cc2ccc(OCCOCCOCCOCCF)cc2)cc1. The van der Waals surface area contributed by atoms with Gasteiger partial charge in [-0.2, -0.15) is 0 Å². The molecule has 0 spiro atoms. The van der Waals surface area contributed by atoms with E-state index in [0.29, 0.717) is 39.6 Å². The number of halogens is 1. The van der Waals surface area contributed by atoms with E-state index in [0.717, 1.165) is 22.6 Å². The van der Waals surface area contributed by atoms with Crippen LogP contribution >= 0.6 is 0 Å².